The molecule has 0 saturated carbocycles. The Balaban J connectivity index is 1.98. The molecule has 5 heteroatoms. The van der Waals surface area contributed by atoms with Gasteiger partial charge in [0.15, 0.2) is 5.78 Å². The molecule has 0 amide bonds. The first-order valence-corrected chi connectivity index (χ1v) is 7.41. The lowest BCUT2D eigenvalue weighted by Gasteiger charge is -2.05. The van der Waals surface area contributed by atoms with Crippen LogP contribution in [0.1, 0.15) is 15.9 Å². The van der Waals surface area contributed by atoms with Gasteiger partial charge in [-0.05, 0) is 23.8 Å². The molecule has 0 fully saturated rings. The monoisotopic (exact) mass is 312 g/mol. The Kier molecular flexibility index (Phi) is 5.15. The molecule has 0 aromatic heterocycles. The minimum atomic E-state index is -0.826. The highest BCUT2D eigenvalue weighted by molar-refractivity contribution is 7.99. The van der Waals surface area contributed by atoms with E-state index in [1.807, 2.05) is 18.2 Å². The first-order valence-electron chi connectivity index (χ1n) is 5.88. The average molecular weight is 313 g/mol. The molecule has 0 radical (unpaired) electrons. The summed E-state index contributed by atoms with van der Waals surface area (Å²) in [5, 5.41) is 0.615. The number of thioether (sulfide) groups is 1. The second-order valence-corrected chi connectivity index (χ2v) is 5.50. The largest absolute Gasteiger partial charge is 0.293 e. The fourth-order valence-electron chi connectivity index (χ4n) is 1.71. The molecule has 1 nitrogen and oxygen atoms in total. The summed E-state index contributed by atoms with van der Waals surface area (Å²) < 4.78 is 26.8. The number of rotatable bonds is 5. The third kappa shape index (κ3) is 3.58. The standard InChI is InChI=1S/C15H11ClF2OS/c16-11-5-2-1-4-10(11)8-20-9-14(19)15-12(17)6-3-7-13(15)18/h1-7H,8-9H2. The Morgan fingerprint density at radius 2 is 1.70 bits per heavy atom. The summed E-state index contributed by atoms with van der Waals surface area (Å²) >= 11 is 7.26. The maximum absolute atomic E-state index is 13.4. The summed E-state index contributed by atoms with van der Waals surface area (Å²) in [5.41, 5.74) is 0.417. The fourth-order valence-corrected chi connectivity index (χ4v) is 2.89. The number of benzene rings is 2. The molecule has 0 N–H and O–H groups in total. The lowest BCUT2D eigenvalue weighted by atomic mass is 10.1. The highest BCUT2D eigenvalue weighted by atomic mass is 35.5. The van der Waals surface area contributed by atoms with Gasteiger partial charge < -0.3 is 0 Å². The van der Waals surface area contributed by atoms with E-state index in [4.69, 9.17) is 11.6 Å². The molecule has 104 valence electrons. The van der Waals surface area contributed by atoms with Crippen LogP contribution in [0, 0.1) is 11.6 Å². The summed E-state index contributed by atoms with van der Waals surface area (Å²) in [6.45, 7) is 0. The van der Waals surface area contributed by atoms with Crippen molar-refractivity contribution in [3.05, 3.63) is 70.2 Å². The smallest absolute Gasteiger partial charge is 0.178 e. The van der Waals surface area contributed by atoms with Crippen LogP contribution in [0.15, 0.2) is 42.5 Å². The molecule has 0 aliphatic carbocycles. The van der Waals surface area contributed by atoms with Crippen molar-refractivity contribution in [1.29, 1.82) is 0 Å². The van der Waals surface area contributed by atoms with Crippen molar-refractivity contribution in [3.8, 4) is 0 Å². The van der Waals surface area contributed by atoms with Gasteiger partial charge in [0, 0.05) is 10.8 Å². The Morgan fingerprint density at radius 1 is 1.05 bits per heavy atom. The number of halogens is 3. The molecule has 0 spiro atoms. The third-order valence-electron chi connectivity index (χ3n) is 2.69. The quantitative estimate of drug-likeness (QED) is 0.742. The lowest BCUT2D eigenvalue weighted by Crippen LogP contribution is -2.08. The van der Waals surface area contributed by atoms with Gasteiger partial charge in [-0.1, -0.05) is 35.9 Å². The first kappa shape index (κ1) is 15.0. The zero-order valence-electron chi connectivity index (χ0n) is 10.4. The van der Waals surface area contributed by atoms with Crippen molar-refractivity contribution in [2.45, 2.75) is 5.75 Å². The number of ketones is 1. The molecule has 0 bridgehead atoms. The van der Waals surface area contributed by atoms with Gasteiger partial charge in [0.05, 0.1) is 11.3 Å². The van der Waals surface area contributed by atoms with Crippen LogP contribution in [0.3, 0.4) is 0 Å². The topological polar surface area (TPSA) is 17.1 Å². The second kappa shape index (κ2) is 6.86. The number of carbonyl (C=O) groups excluding carboxylic acids is 1. The van der Waals surface area contributed by atoms with Crippen molar-refractivity contribution in [2.24, 2.45) is 0 Å². The molecular formula is C15H11ClF2OS. The molecule has 2 aromatic rings. The fraction of sp³-hybridized carbons (Fsp3) is 0.133. The third-order valence-corrected chi connectivity index (χ3v) is 4.04. The second-order valence-electron chi connectivity index (χ2n) is 4.10. The lowest BCUT2D eigenvalue weighted by molar-refractivity contribution is 0.101. The zero-order chi connectivity index (χ0) is 14.5. The van der Waals surface area contributed by atoms with Gasteiger partial charge in [-0.15, -0.1) is 11.8 Å². The molecule has 0 heterocycles. The molecule has 2 rings (SSSR count). The SMILES string of the molecule is O=C(CSCc1ccccc1Cl)c1c(F)cccc1F. The predicted octanol–water partition coefficient (Wildman–Crippen LogP) is 4.73. The maximum atomic E-state index is 13.4. The summed E-state index contributed by atoms with van der Waals surface area (Å²) in [5.74, 6) is -1.69. The van der Waals surface area contributed by atoms with Crippen LogP contribution >= 0.6 is 23.4 Å². The summed E-state index contributed by atoms with van der Waals surface area (Å²) in [6.07, 6.45) is 0. The normalized spacial score (nSPS) is 10.6. The van der Waals surface area contributed by atoms with Crippen molar-refractivity contribution >= 4 is 29.1 Å². The Labute approximate surface area is 125 Å². The minimum Gasteiger partial charge on any atom is -0.293 e. The first-order chi connectivity index (χ1) is 9.59. The van der Waals surface area contributed by atoms with E-state index in [1.54, 1.807) is 6.07 Å². The van der Waals surface area contributed by atoms with Crippen LogP contribution in [0.2, 0.25) is 5.02 Å². The van der Waals surface area contributed by atoms with Crippen LogP contribution in [0.4, 0.5) is 8.78 Å². The molecular weight excluding hydrogens is 302 g/mol. The molecule has 0 aliphatic rings. The Hall–Kier alpha value is -1.39. The van der Waals surface area contributed by atoms with Crippen LogP contribution in [0.5, 0.6) is 0 Å². The molecule has 0 atom stereocenters. The number of hydrogen-bond donors (Lipinski definition) is 0. The minimum absolute atomic E-state index is 0.00305. The molecule has 0 aliphatic heterocycles. The maximum Gasteiger partial charge on any atom is 0.178 e. The zero-order valence-corrected chi connectivity index (χ0v) is 12.0. The van der Waals surface area contributed by atoms with Crippen molar-refractivity contribution in [3.63, 3.8) is 0 Å². The van der Waals surface area contributed by atoms with Crippen LogP contribution in [-0.2, 0) is 5.75 Å². The highest BCUT2D eigenvalue weighted by Crippen LogP contribution is 2.22. The van der Waals surface area contributed by atoms with Gasteiger partial charge in [-0.25, -0.2) is 8.78 Å². The summed E-state index contributed by atoms with van der Waals surface area (Å²) in [4.78, 5) is 11.8. The van der Waals surface area contributed by atoms with Crippen LogP contribution in [0.25, 0.3) is 0 Å². The highest BCUT2D eigenvalue weighted by Gasteiger charge is 2.16. The van der Waals surface area contributed by atoms with E-state index in [9.17, 15) is 13.6 Å². The molecule has 0 unspecified atom stereocenters. The van der Waals surface area contributed by atoms with Gasteiger partial charge in [-0.3, -0.25) is 4.79 Å². The van der Waals surface area contributed by atoms with Gasteiger partial charge >= 0.3 is 0 Å². The van der Waals surface area contributed by atoms with Crippen molar-refractivity contribution < 1.29 is 13.6 Å². The summed E-state index contributed by atoms with van der Waals surface area (Å²) in [6, 6.07) is 10.7. The van der Waals surface area contributed by atoms with Gasteiger partial charge in [0.1, 0.15) is 11.6 Å². The van der Waals surface area contributed by atoms with Crippen molar-refractivity contribution in [2.75, 3.05) is 5.75 Å². The van der Waals surface area contributed by atoms with Crippen LogP contribution in [-0.4, -0.2) is 11.5 Å². The van der Waals surface area contributed by atoms with Gasteiger partial charge in [0.25, 0.3) is 0 Å². The Bertz CT molecular complexity index is 611. The van der Waals surface area contributed by atoms with E-state index in [2.05, 4.69) is 0 Å². The number of carbonyl (C=O) groups is 1. The average Bonchev–Trinajstić information content (AvgIpc) is 2.41. The molecule has 2 aromatic carbocycles. The number of hydrogen-bond acceptors (Lipinski definition) is 2. The predicted molar refractivity (Wildman–Crippen MR) is 78.3 cm³/mol. The van der Waals surface area contributed by atoms with E-state index in [0.29, 0.717) is 10.8 Å². The van der Waals surface area contributed by atoms with Crippen LogP contribution < -0.4 is 0 Å². The van der Waals surface area contributed by atoms with E-state index < -0.39 is 23.0 Å². The Morgan fingerprint density at radius 3 is 2.35 bits per heavy atom. The summed E-state index contributed by atoms with van der Waals surface area (Å²) in [7, 11) is 0. The van der Waals surface area contributed by atoms with E-state index >= 15 is 0 Å². The van der Waals surface area contributed by atoms with Gasteiger partial charge in [-0.2, -0.15) is 0 Å². The van der Waals surface area contributed by atoms with Gasteiger partial charge in [0.2, 0.25) is 0 Å². The van der Waals surface area contributed by atoms with E-state index in [-0.39, 0.29) is 5.75 Å². The number of Topliss-reactive ketones (excluding diaryl/α,β-unsaturated/α-hetero) is 1. The molecule has 0 saturated heterocycles. The van der Waals surface area contributed by atoms with E-state index in [1.165, 1.54) is 17.8 Å². The van der Waals surface area contributed by atoms with E-state index in [0.717, 1.165) is 17.7 Å². The molecule has 20 heavy (non-hydrogen) atoms. The van der Waals surface area contributed by atoms with Crippen molar-refractivity contribution in [1.82, 2.24) is 0 Å².